The van der Waals surface area contributed by atoms with Crippen molar-refractivity contribution >= 4 is 28.0 Å². The zero-order valence-corrected chi connectivity index (χ0v) is 15.0. The number of carbonyl (C=O) groups excluding carboxylic acids is 2. The third kappa shape index (κ3) is 6.13. The summed E-state index contributed by atoms with van der Waals surface area (Å²) < 4.78 is 30.1. The summed E-state index contributed by atoms with van der Waals surface area (Å²) in [5, 5.41) is 1.02. The summed E-state index contributed by atoms with van der Waals surface area (Å²) in [4.78, 5) is 24.7. The number of amides is 1. The Bertz CT molecular complexity index is 698. The predicted octanol–water partition coefficient (Wildman–Crippen LogP) is 0.939. The largest absolute Gasteiger partial charge is 0.452 e. The van der Waals surface area contributed by atoms with Crippen LogP contribution in [0.15, 0.2) is 35.7 Å². The molecule has 8 heteroatoms. The number of likely N-dealkylation sites (N-methyl/N-ethyl adjacent to an activating group) is 2. The van der Waals surface area contributed by atoms with Crippen LogP contribution in [0, 0.1) is 0 Å². The smallest absolute Gasteiger partial charge is 0.322 e. The highest BCUT2D eigenvalue weighted by Gasteiger charge is 2.23. The molecule has 132 valence electrons. The first-order valence-corrected chi connectivity index (χ1v) is 8.74. The quantitative estimate of drug-likeness (QED) is 0.681. The molecule has 0 fully saturated rings. The summed E-state index contributed by atoms with van der Waals surface area (Å²) in [5.41, 5.74) is 0.724. The zero-order chi connectivity index (χ0) is 18.3. The molecular formula is C16H22N2O5S. The van der Waals surface area contributed by atoms with E-state index >= 15 is 0 Å². The van der Waals surface area contributed by atoms with Gasteiger partial charge in [0.25, 0.3) is 5.91 Å². The maximum Gasteiger partial charge on any atom is 0.322 e. The van der Waals surface area contributed by atoms with Crippen LogP contribution < -0.4 is 0 Å². The Morgan fingerprint density at radius 1 is 1.17 bits per heavy atom. The molecule has 0 aliphatic heterocycles. The van der Waals surface area contributed by atoms with Gasteiger partial charge in [-0.3, -0.25) is 9.59 Å². The molecule has 1 aromatic carbocycles. The molecule has 1 amide bonds. The lowest BCUT2D eigenvalue weighted by molar-refractivity contribution is -0.157. The van der Waals surface area contributed by atoms with Crippen molar-refractivity contribution in [2.24, 2.45) is 0 Å². The predicted molar refractivity (Wildman–Crippen MR) is 91.3 cm³/mol. The van der Waals surface area contributed by atoms with Gasteiger partial charge in [0.1, 0.15) is 6.54 Å². The van der Waals surface area contributed by atoms with Crippen LogP contribution in [0.25, 0.3) is 6.08 Å². The third-order valence-corrected chi connectivity index (χ3v) is 4.59. The average molecular weight is 354 g/mol. The number of nitrogens with zero attached hydrogens (tertiary/aromatic N) is 2. The number of hydrogen-bond donors (Lipinski definition) is 0. The molecule has 7 nitrogen and oxygen atoms in total. The van der Waals surface area contributed by atoms with Gasteiger partial charge < -0.3 is 9.64 Å². The van der Waals surface area contributed by atoms with Gasteiger partial charge in [0.05, 0.1) is 0 Å². The fourth-order valence-corrected chi connectivity index (χ4v) is 2.58. The summed E-state index contributed by atoms with van der Waals surface area (Å²) in [7, 11) is 0.578. The van der Waals surface area contributed by atoms with Crippen molar-refractivity contribution in [3.63, 3.8) is 0 Å². The monoisotopic (exact) mass is 354 g/mol. The van der Waals surface area contributed by atoms with E-state index in [0.717, 1.165) is 15.3 Å². The van der Waals surface area contributed by atoms with E-state index < -0.39 is 28.6 Å². The van der Waals surface area contributed by atoms with Crippen molar-refractivity contribution in [2.45, 2.75) is 13.0 Å². The fraction of sp³-hybridized carbons (Fsp3) is 0.375. The van der Waals surface area contributed by atoms with Crippen molar-refractivity contribution in [3.8, 4) is 0 Å². The van der Waals surface area contributed by atoms with Crippen molar-refractivity contribution in [3.05, 3.63) is 41.3 Å². The number of hydrogen-bond acceptors (Lipinski definition) is 5. The third-order valence-electron chi connectivity index (χ3n) is 3.11. The van der Waals surface area contributed by atoms with Gasteiger partial charge in [-0.1, -0.05) is 30.3 Å². The van der Waals surface area contributed by atoms with E-state index in [1.807, 2.05) is 6.07 Å². The van der Waals surface area contributed by atoms with Crippen LogP contribution in [-0.2, 0) is 24.3 Å². The second-order valence-electron chi connectivity index (χ2n) is 5.38. The van der Waals surface area contributed by atoms with Crippen LogP contribution in [0.1, 0.15) is 12.5 Å². The highest BCUT2D eigenvalue weighted by molar-refractivity contribution is 7.92. The minimum Gasteiger partial charge on any atom is -0.452 e. The highest BCUT2D eigenvalue weighted by atomic mass is 32.2. The minimum absolute atomic E-state index is 0.377. The first kappa shape index (κ1) is 19.9. The van der Waals surface area contributed by atoms with E-state index in [1.165, 1.54) is 39.0 Å². The van der Waals surface area contributed by atoms with Crippen LogP contribution >= 0.6 is 0 Å². The number of benzene rings is 1. The summed E-state index contributed by atoms with van der Waals surface area (Å²) in [6.45, 7) is 0.955. The maximum absolute atomic E-state index is 12.1. The number of sulfonamides is 1. The summed E-state index contributed by atoms with van der Waals surface area (Å²) in [5.74, 6) is -1.17. The Labute approximate surface area is 142 Å². The van der Waals surface area contributed by atoms with Crippen LogP contribution in [0.4, 0.5) is 0 Å². The number of esters is 1. The lowest BCUT2D eigenvalue weighted by atomic mass is 10.2. The molecule has 0 aliphatic rings. The van der Waals surface area contributed by atoms with Gasteiger partial charge in [-0.05, 0) is 18.6 Å². The van der Waals surface area contributed by atoms with Gasteiger partial charge in [0.15, 0.2) is 6.10 Å². The molecule has 0 heterocycles. The van der Waals surface area contributed by atoms with Crippen molar-refractivity contribution in [2.75, 3.05) is 27.7 Å². The van der Waals surface area contributed by atoms with E-state index in [4.69, 9.17) is 4.74 Å². The van der Waals surface area contributed by atoms with Gasteiger partial charge in [-0.15, -0.1) is 0 Å². The fourth-order valence-electron chi connectivity index (χ4n) is 1.75. The standard InChI is InChI=1S/C16H22N2O5S/c1-13(16(20)17(2)3)23-15(19)12-18(4)24(21,22)11-10-14-8-6-5-7-9-14/h5-11,13H,12H2,1-4H3/b11-10+/t13-/m0/s1. The number of rotatable bonds is 7. The molecule has 0 N–H and O–H groups in total. The Morgan fingerprint density at radius 3 is 2.29 bits per heavy atom. The molecule has 0 unspecified atom stereocenters. The molecule has 1 rings (SSSR count). The summed E-state index contributed by atoms with van der Waals surface area (Å²) >= 11 is 0. The molecule has 0 saturated heterocycles. The van der Waals surface area contributed by atoms with Gasteiger partial charge in [-0.25, -0.2) is 8.42 Å². The van der Waals surface area contributed by atoms with E-state index in [1.54, 1.807) is 24.3 Å². The van der Waals surface area contributed by atoms with E-state index in [9.17, 15) is 18.0 Å². The Hall–Kier alpha value is -2.19. The molecule has 0 aromatic heterocycles. The molecule has 24 heavy (non-hydrogen) atoms. The average Bonchev–Trinajstić information content (AvgIpc) is 2.52. The maximum atomic E-state index is 12.1. The van der Waals surface area contributed by atoms with Gasteiger partial charge in [-0.2, -0.15) is 4.31 Å². The molecule has 0 bridgehead atoms. The molecule has 0 saturated carbocycles. The topological polar surface area (TPSA) is 84.0 Å². The van der Waals surface area contributed by atoms with Crippen molar-refractivity contribution in [1.29, 1.82) is 0 Å². The van der Waals surface area contributed by atoms with E-state index in [2.05, 4.69) is 0 Å². The SMILES string of the molecule is C[C@H](OC(=O)CN(C)S(=O)(=O)/C=C/c1ccccc1)C(=O)N(C)C. The first-order valence-electron chi connectivity index (χ1n) is 7.23. The highest BCUT2D eigenvalue weighted by Crippen LogP contribution is 2.07. The Balaban J connectivity index is 2.65. The number of ether oxygens (including phenoxy) is 1. The molecule has 0 aliphatic carbocycles. The second kappa shape index (κ2) is 8.60. The van der Waals surface area contributed by atoms with Crippen LogP contribution in [0.2, 0.25) is 0 Å². The molecular weight excluding hydrogens is 332 g/mol. The van der Waals surface area contributed by atoms with Gasteiger partial charge in [0.2, 0.25) is 10.0 Å². The zero-order valence-electron chi connectivity index (χ0n) is 14.2. The molecule has 1 aromatic rings. The van der Waals surface area contributed by atoms with Crippen molar-refractivity contribution in [1.82, 2.24) is 9.21 Å². The van der Waals surface area contributed by atoms with Crippen LogP contribution in [-0.4, -0.2) is 63.3 Å². The Kier molecular flexibility index (Phi) is 7.12. The van der Waals surface area contributed by atoms with Crippen LogP contribution in [0.3, 0.4) is 0 Å². The van der Waals surface area contributed by atoms with Gasteiger partial charge >= 0.3 is 5.97 Å². The Morgan fingerprint density at radius 2 is 1.75 bits per heavy atom. The summed E-state index contributed by atoms with van der Waals surface area (Å²) in [6.07, 6.45) is 0.471. The number of carbonyl (C=O) groups is 2. The molecule has 0 radical (unpaired) electrons. The van der Waals surface area contributed by atoms with Crippen molar-refractivity contribution < 1.29 is 22.7 Å². The minimum atomic E-state index is -3.77. The van der Waals surface area contributed by atoms with E-state index in [0.29, 0.717) is 0 Å². The van der Waals surface area contributed by atoms with Crippen LogP contribution in [0.5, 0.6) is 0 Å². The molecule has 0 spiro atoms. The lowest BCUT2D eigenvalue weighted by Gasteiger charge is -2.19. The van der Waals surface area contributed by atoms with Gasteiger partial charge in [0, 0.05) is 26.6 Å². The summed E-state index contributed by atoms with van der Waals surface area (Å²) in [6, 6.07) is 8.92. The second-order valence-corrected chi connectivity index (χ2v) is 7.30. The van der Waals surface area contributed by atoms with E-state index in [-0.39, 0.29) is 5.91 Å². The normalized spacial score (nSPS) is 13.0. The first-order chi connectivity index (χ1) is 11.1. The molecule has 1 atom stereocenters. The lowest BCUT2D eigenvalue weighted by Crippen LogP contribution is -2.38.